The fraction of sp³-hybridized carbons (Fsp3) is 0.500. The van der Waals surface area contributed by atoms with Crippen LogP contribution in [0, 0.1) is 12.8 Å². The smallest absolute Gasteiger partial charge is 0.271 e. The number of sulfonamides is 1. The molecule has 0 unspecified atom stereocenters. The number of aromatic nitrogens is 2. The molecule has 2 aromatic heterocycles. The second kappa shape index (κ2) is 6.74. The van der Waals surface area contributed by atoms with Gasteiger partial charge in [-0.3, -0.25) is 4.79 Å². The van der Waals surface area contributed by atoms with Crippen molar-refractivity contribution in [2.75, 3.05) is 33.1 Å². The van der Waals surface area contributed by atoms with E-state index in [2.05, 4.69) is 10.3 Å². The van der Waals surface area contributed by atoms with E-state index >= 15 is 0 Å². The molecule has 1 amide bonds. The van der Waals surface area contributed by atoms with E-state index in [-0.39, 0.29) is 23.6 Å². The van der Waals surface area contributed by atoms with Gasteiger partial charge in [0.15, 0.2) is 0 Å². The van der Waals surface area contributed by atoms with Crippen LogP contribution in [-0.2, 0) is 14.8 Å². The molecule has 0 aromatic carbocycles. The summed E-state index contributed by atoms with van der Waals surface area (Å²) in [6, 6.07) is 5.29. The quantitative estimate of drug-likeness (QED) is 0.820. The Morgan fingerprint density at radius 2 is 2.16 bits per heavy atom. The molecule has 0 spiro atoms. The summed E-state index contributed by atoms with van der Waals surface area (Å²) in [6.45, 7) is 2.54. The highest BCUT2D eigenvalue weighted by atomic mass is 32.2. The lowest BCUT2D eigenvalue weighted by Gasteiger charge is -2.20. The normalized spacial score (nSPS) is 21.1. The van der Waals surface area contributed by atoms with Gasteiger partial charge in [0, 0.05) is 31.9 Å². The minimum Gasteiger partial charge on any atom is -0.379 e. The van der Waals surface area contributed by atoms with Gasteiger partial charge < -0.3 is 14.5 Å². The van der Waals surface area contributed by atoms with Gasteiger partial charge in [-0.05, 0) is 19.1 Å². The number of fused-ring (bicyclic) bond motifs is 1. The first kappa shape index (κ1) is 17.8. The van der Waals surface area contributed by atoms with Crippen LogP contribution in [0.25, 0.3) is 5.65 Å². The molecule has 2 aromatic rings. The van der Waals surface area contributed by atoms with Gasteiger partial charge in [0.1, 0.15) is 11.3 Å². The molecule has 1 N–H and O–H groups in total. The Kier molecular flexibility index (Phi) is 4.81. The molecule has 2 atom stereocenters. The van der Waals surface area contributed by atoms with Crippen molar-refractivity contribution >= 4 is 21.6 Å². The number of rotatable bonds is 5. The van der Waals surface area contributed by atoms with Gasteiger partial charge in [-0.25, -0.2) is 17.7 Å². The average molecular weight is 366 g/mol. The molecule has 8 nitrogen and oxygen atoms in total. The molecular weight excluding hydrogens is 344 g/mol. The number of nitrogens with zero attached hydrogens (tertiary/aromatic N) is 3. The molecule has 25 heavy (non-hydrogen) atoms. The Bertz CT molecular complexity index is 891. The molecule has 0 bridgehead atoms. The number of amides is 1. The topological polar surface area (TPSA) is 93.0 Å². The number of ether oxygens (including phenoxy) is 1. The van der Waals surface area contributed by atoms with Crippen molar-refractivity contribution in [3.8, 4) is 0 Å². The Hall–Kier alpha value is -1.97. The number of carbonyl (C=O) groups is 1. The first-order chi connectivity index (χ1) is 11.8. The van der Waals surface area contributed by atoms with Crippen molar-refractivity contribution in [3.63, 3.8) is 0 Å². The minimum atomic E-state index is -3.36. The summed E-state index contributed by atoms with van der Waals surface area (Å²) in [6.07, 6.45) is 1.68. The summed E-state index contributed by atoms with van der Waals surface area (Å²) < 4.78 is 32.6. The van der Waals surface area contributed by atoms with E-state index < -0.39 is 10.0 Å². The van der Waals surface area contributed by atoms with Gasteiger partial charge >= 0.3 is 0 Å². The second-order valence-electron chi connectivity index (χ2n) is 6.46. The van der Waals surface area contributed by atoms with Crippen LogP contribution in [-0.4, -0.2) is 67.1 Å². The molecule has 1 fully saturated rings. The molecule has 0 saturated carbocycles. The maximum absolute atomic E-state index is 12.5. The number of nitrogens with one attached hydrogen (secondary N) is 1. The second-order valence-corrected chi connectivity index (χ2v) is 8.69. The Balaban J connectivity index is 1.74. The zero-order chi connectivity index (χ0) is 18.2. The Morgan fingerprint density at radius 1 is 1.40 bits per heavy atom. The van der Waals surface area contributed by atoms with Crippen LogP contribution in [0.1, 0.15) is 16.2 Å². The maximum Gasteiger partial charge on any atom is 0.271 e. The van der Waals surface area contributed by atoms with Crippen LogP contribution >= 0.6 is 0 Å². The third-order valence-corrected chi connectivity index (χ3v) is 6.39. The number of aryl methyl sites for hydroxylation is 1. The minimum absolute atomic E-state index is 0.0603. The first-order valence-electron chi connectivity index (χ1n) is 8.01. The lowest BCUT2D eigenvalue weighted by atomic mass is 10.1. The molecule has 136 valence electrons. The highest BCUT2D eigenvalue weighted by Crippen LogP contribution is 2.18. The van der Waals surface area contributed by atoms with Crippen LogP contribution in [0.5, 0.6) is 0 Å². The van der Waals surface area contributed by atoms with E-state index in [1.807, 2.05) is 29.5 Å². The van der Waals surface area contributed by atoms with Gasteiger partial charge in [-0.2, -0.15) is 0 Å². The Morgan fingerprint density at radius 3 is 2.84 bits per heavy atom. The molecule has 1 aliphatic heterocycles. The Labute approximate surface area is 146 Å². The molecular formula is C16H22N4O4S. The van der Waals surface area contributed by atoms with Gasteiger partial charge in [0.25, 0.3) is 5.91 Å². The molecule has 1 saturated heterocycles. The van der Waals surface area contributed by atoms with Gasteiger partial charge in [0.2, 0.25) is 10.0 Å². The van der Waals surface area contributed by atoms with Gasteiger partial charge in [-0.1, -0.05) is 6.07 Å². The first-order valence-corrected chi connectivity index (χ1v) is 9.62. The molecule has 3 rings (SSSR count). The number of hydrogen-bond donors (Lipinski definition) is 1. The van der Waals surface area contributed by atoms with E-state index in [0.29, 0.717) is 24.6 Å². The average Bonchev–Trinajstić information content (AvgIpc) is 3.15. The van der Waals surface area contributed by atoms with Crippen LogP contribution in [0.3, 0.4) is 0 Å². The van der Waals surface area contributed by atoms with E-state index in [0.717, 1.165) is 5.69 Å². The van der Waals surface area contributed by atoms with E-state index in [1.54, 1.807) is 6.20 Å². The van der Waals surface area contributed by atoms with E-state index in [9.17, 15) is 13.2 Å². The fourth-order valence-electron chi connectivity index (χ4n) is 2.84. The maximum atomic E-state index is 12.5. The molecule has 1 aliphatic rings. The number of carbonyl (C=O) groups excluding carboxylic acids is 1. The highest BCUT2D eigenvalue weighted by molar-refractivity contribution is 7.89. The number of hydrogen-bond acceptors (Lipinski definition) is 5. The van der Waals surface area contributed by atoms with Crippen molar-refractivity contribution in [3.05, 3.63) is 35.8 Å². The van der Waals surface area contributed by atoms with Gasteiger partial charge in [0.05, 0.1) is 25.0 Å². The standard InChI is InChI=1S/C16H22N4O4S/c1-11-5-4-6-15-17-13(7-20(11)15)16(21)18-14-9-24-8-12(14)10-25(22,23)19(2)3/h4-7,12,14H,8-10H2,1-3H3,(H,18,21)/t12-,14-/m0/s1. The van der Waals surface area contributed by atoms with Crippen molar-refractivity contribution < 1.29 is 17.9 Å². The summed E-state index contributed by atoms with van der Waals surface area (Å²) >= 11 is 0. The van der Waals surface area contributed by atoms with Crippen molar-refractivity contribution in [2.45, 2.75) is 13.0 Å². The number of pyridine rings is 1. The zero-order valence-electron chi connectivity index (χ0n) is 14.5. The van der Waals surface area contributed by atoms with Crippen LogP contribution in [0.4, 0.5) is 0 Å². The van der Waals surface area contributed by atoms with Crippen LogP contribution < -0.4 is 5.32 Å². The van der Waals surface area contributed by atoms with Crippen molar-refractivity contribution in [1.82, 2.24) is 19.0 Å². The largest absolute Gasteiger partial charge is 0.379 e. The fourth-order valence-corrected chi connectivity index (χ4v) is 4.01. The highest BCUT2D eigenvalue weighted by Gasteiger charge is 2.34. The summed E-state index contributed by atoms with van der Waals surface area (Å²) in [7, 11) is -0.363. The summed E-state index contributed by atoms with van der Waals surface area (Å²) in [5.41, 5.74) is 1.97. The predicted octanol–water partition coefficient (Wildman–Crippen LogP) is 0.279. The van der Waals surface area contributed by atoms with Crippen molar-refractivity contribution in [1.29, 1.82) is 0 Å². The third-order valence-electron chi connectivity index (χ3n) is 4.42. The lowest BCUT2D eigenvalue weighted by Crippen LogP contribution is -2.43. The van der Waals surface area contributed by atoms with E-state index in [4.69, 9.17) is 4.74 Å². The molecule has 3 heterocycles. The molecule has 9 heteroatoms. The zero-order valence-corrected chi connectivity index (χ0v) is 15.3. The SMILES string of the molecule is Cc1cccc2nc(C(=O)N[C@H]3COC[C@H]3CS(=O)(=O)N(C)C)cn12. The molecule has 0 radical (unpaired) electrons. The van der Waals surface area contributed by atoms with Crippen LogP contribution in [0.2, 0.25) is 0 Å². The summed E-state index contributed by atoms with van der Waals surface area (Å²) in [5.74, 6) is -0.671. The lowest BCUT2D eigenvalue weighted by molar-refractivity contribution is 0.0921. The molecule has 0 aliphatic carbocycles. The van der Waals surface area contributed by atoms with E-state index in [1.165, 1.54) is 18.4 Å². The summed E-state index contributed by atoms with van der Waals surface area (Å²) in [4.78, 5) is 16.9. The number of imidazole rings is 1. The van der Waals surface area contributed by atoms with Crippen molar-refractivity contribution in [2.24, 2.45) is 5.92 Å². The summed E-state index contributed by atoms with van der Waals surface area (Å²) in [5, 5.41) is 2.86. The monoisotopic (exact) mass is 366 g/mol. The van der Waals surface area contributed by atoms with Crippen LogP contribution in [0.15, 0.2) is 24.4 Å². The third kappa shape index (κ3) is 3.68. The predicted molar refractivity (Wildman–Crippen MR) is 93.0 cm³/mol. The van der Waals surface area contributed by atoms with Gasteiger partial charge in [-0.15, -0.1) is 0 Å².